The van der Waals surface area contributed by atoms with Crippen LogP contribution in [0.1, 0.15) is 13.3 Å². The Labute approximate surface area is 105 Å². The second-order valence-corrected chi connectivity index (χ2v) is 4.15. The average Bonchev–Trinajstić information content (AvgIpc) is 2.40. The Morgan fingerprint density at radius 3 is 2.89 bits per heavy atom. The number of aliphatic hydroxyl groups is 1. The molecule has 1 atom stereocenters. The lowest BCUT2D eigenvalue weighted by Gasteiger charge is -2.17. The molecule has 2 rings (SSSR count). The van der Waals surface area contributed by atoms with Crippen molar-refractivity contribution in [3.05, 3.63) is 30.2 Å². The molecule has 1 aromatic heterocycles. The third-order valence-corrected chi connectivity index (χ3v) is 2.96. The predicted octanol–water partition coefficient (Wildman–Crippen LogP) is 2.14. The summed E-state index contributed by atoms with van der Waals surface area (Å²) in [6, 6.07) is 4.33. The van der Waals surface area contributed by atoms with Crippen LogP contribution in [0.15, 0.2) is 24.4 Å². The van der Waals surface area contributed by atoms with Crippen molar-refractivity contribution < 1.29 is 9.50 Å². The smallest absolute Gasteiger partial charge is 0.136 e. The lowest BCUT2D eigenvalue weighted by molar-refractivity contribution is 0.271. The average molecular weight is 249 g/mol. The fraction of sp³-hybridized carbons (Fsp3) is 0.308. The van der Waals surface area contributed by atoms with Crippen LogP contribution >= 0.6 is 0 Å². The van der Waals surface area contributed by atoms with Crippen molar-refractivity contribution in [3.8, 4) is 0 Å². The largest absolute Gasteiger partial charge is 0.398 e. The van der Waals surface area contributed by atoms with Crippen LogP contribution in [0.25, 0.3) is 10.8 Å². The molecule has 0 spiro atoms. The predicted molar refractivity (Wildman–Crippen MR) is 70.9 cm³/mol. The summed E-state index contributed by atoms with van der Waals surface area (Å²) < 4.78 is 13.7. The Balaban J connectivity index is 2.54. The molecule has 5 heteroatoms. The quantitative estimate of drug-likeness (QED) is 0.726. The summed E-state index contributed by atoms with van der Waals surface area (Å²) in [6.45, 7) is 1.94. The van der Waals surface area contributed by atoms with Gasteiger partial charge in [0.1, 0.15) is 11.6 Å². The van der Waals surface area contributed by atoms with Gasteiger partial charge in [-0.2, -0.15) is 0 Å². The van der Waals surface area contributed by atoms with Gasteiger partial charge in [0.15, 0.2) is 0 Å². The zero-order valence-electron chi connectivity index (χ0n) is 10.2. The highest BCUT2D eigenvalue weighted by molar-refractivity contribution is 6.01. The third kappa shape index (κ3) is 2.22. The van der Waals surface area contributed by atoms with Gasteiger partial charge in [0.2, 0.25) is 0 Å². The molecule has 2 aromatic rings. The van der Waals surface area contributed by atoms with Crippen LogP contribution < -0.4 is 11.1 Å². The van der Waals surface area contributed by atoms with E-state index in [0.717, 1.165) is 6.42 Å². The van der Waals surface area contributed by atoms with Crippen molar-refractivity contribution >= 4 is 22.3 Å². The molecule has 0 fully saturated rings. The normalized spacial score (nSPS) is 12.6. The summed E-state index contributed by atoms with van der Waals surface area (Å²) in [5.41, 5.74) is 6.34. The highest BCUT2D eigenvalue weighted by Gasteiger charge is 2.12. The molecule has 4 nitrogen and oxygen atoms in total. The van der Waals surface area contributed by atoms with E-state index in [0.29, 0.717) is 22.3 Å². The van der Waals surface area contributed by atoms with Crippen LogP contribution in [-0.2, 0) is 0 Å². The maximum absolute atomic E-state index is 13.7. The van der Waals surface area contributed by atoms with E-state index in [1.165, 1.54) is 18.3 Å². The summed E-state index contributed by atoms with van der Waals surface area (Å²) in [4.78, 5) is 4.18. The van der Waals surface area contributed by atoms with Gasteiger partial charge in [-0.25, -0.2) is 9.37 Å². The fourth-order valence-corrected chi connectivity index (χ4v) is 1.87. The van der Waals surface area contributed by atoms with Crippen molar-refractivity contribution in [2.24, 2.45) is 0 Å². The maximum Gasteiger partial charge on any atom is 0.136 e. The molecule has 0 radical (unpaired) electrons. The van der Waals surface area contributed by atoms with Crippen molar-refractivity contribution in [1.29, 1.82) is 0 Å². The fourth-order valence-electron chi connectivity index (χ4n) is 1.87. The number of hydrogen-bond acceptors (Lipinski definition) is 4. The number of nitrogens with zero attached hydrogens (tertiary/aromatic N) is 1. The van der Waals surface area contributed by atoms with E-state index >= 15 is 0 Å². The molecule has 0 aliphatic heterocycles. The Bertz CT molecular complexity index is 555. The Morgan fingerprint density at radius 1 is 1.44 bits per heavy atom. The van der Waals surface area contributed by atoms with Crippen molar-refractivity contribution in [1.82, 2.24) is 4.98 Å². The van der Waals surface area contributed by atoms with Crippen LogP contribution in [0.5, 0.6) is 0 Å². The van der Waals surface area contributed by atoms with Crippen LogP contribution in [0.4, 0.5) is 15.9 Å². The van der Waals surface area contributed by atoms with Gasteiger partial charge < -0.3 is 16.2 Å². The molecule has 18 heavy (non-hydrogen) atoms. The van der Waals surface area contributed by atoms with Gasteiger partial charge in [-0.05, 0) is 24.6 Å². The third-order valence-electron chi connectivity index (χ3n) is 2.96. The number of aliphatic hydroxyl groups excluding tert-OH is 1. The molecule has 96 valence electrons. The minimum absolute atomic E-state index is 0.0101. The van der Waals surface area contributed by atoms with Crippen LogP contribution in [-0.4, -0.2) is 22.7 Å². The molecular formula is C13H16FN3O. The first-order chi connectivity index (χ1) is 8.67. The van der Waals surface area contributed by atoms with Gasteiger partial charge in [0, 0.05) is 17.3 Å². The second-order valence-electron chi connectivity index (χ2n) is 4.15. The highest BCUT2D eigenvalue weighted by Crippen LogP contribution is 2.29. The number of pyridine rings is 1. The van der Waals surface area contributed by atoms with E-state index in [4.69, 9.17) is 5.73 Å². The molecule has 0 saturated heterocycles. The van der Waals surface area contributed by atoms with Crippen LogP contribution in [0, 0.1) is 5.82 Å². The number of halogens is 1. The molecule has 0 bridgehead atoms. The number of nitrogens with one attached hydrogen (secondary N) is 1. The highest BCUT2D eigenvalue weighted by atomic mass is 19.1. The number of anilines is 2. The first-order valence-electron chi connectivity index (χ1n) is 5.87. The zero-order chi connectivity index (χ0) is 13.1. The lowest BCUT2D eigenvalue weighted by atomic mass is 10.1. The summed E-state index contributed by atoms with van der Waals surface area (Å²) in [6.07, 6.45) is 2.26. The second kappa shape index (κ2) is 5.18. The molecule has 0 aliphatic carbocycles. The number of aromatic nitrogens is 1. The van der Waals surface area contributed by atoms with Crippen molar-refractivity contribution in [3.63, 3.8) is 0 Å². The van der Waals surface area contributed by atoms with E-state index in [1.54, 1.807) is 6.07 Å². The molecule has 0 aliphatic rings. The van der Waals surface area contributed by atoms with Crippen molar-refractivity contribution in [2.45, 2.75) is 19.4 Å². The molecular weight excluding hydrogens is 233 g/mol. The van der Waals surface area contributed by atoms with Gasteiger partial charge in [-0.3, -0.25) is 0 Å². The number of hydrogen-bond donors (Lipinski definition) is 3. The Hall–Kier alpha value is -1.88. The van der Waals surface area contributed by atoms with E-state index in [1.807, 2.05) is 6.92 Å². The van der Waals surface area contributed by atoms with Crippen LogP contribution in [0.3, 0.4) is 0 Å². The molecule has 0 amide bonds. The summed E-state index contributed by atoms with van der Waals surface area (Å²) >= 11 is 0. The SMILES string of the molecule is CCC(CO)Nc1nccc2c(F)ccc(N)c12. The number of rotatable bonds is 4. The molecule has 1 unspecified atom stereocenters. The number of nitrogens with two attached hydrogens (primary N) is 1. The standard InChI is InChI=1S/C13H16FN3O/c1-2-8(7-18)17-13-12-9(5-6-16-13)10(14)3-4-11(12)15/h3-6,8,18H,2,7,15H2,1H3,(H,16,17). The topological polar surface area (TPSA) is 71.2 Å². The molecule has 1 aromatic carbocycles. The number of benzene rings is 1. The number of fused-ring (bicyclic) bond motifs is 1. The van der Waals surface area contributed by atoms with Gasteiger partial charge >= 0.3 is 0 Å². The number of nitrogen functional groups attached to an aromatic ring is 1. The molecule has 0 saturated carbocycles. The molecule has 4 N–H and O–H groups in total. The van der Waals surface area contributed by atoms with Gasteiger partial charge in [0.25, 0.3) is 0 Å². The zero-order valence-corrected chi connectivity index (χ0v) is 10.2. The Morgan fingerprint density at radius 2 is 2.22 bits per heavy atom. The first kappa shape index (κ1) is 12.6. The van der Waals surface area contributed by atoms with E-state index < -0.39 is 0 Å². The summed E-state index contributed by atoms with van der Waals surface area (Å²) in [7, 11) is 0. The Kier molecular flexibility index (Phi) is 3.62. The minimum atomic E-state index is -0.332. The van der Waals surface area contributed by atoms with E-state index in [2.05, 4.69) is 10.3 Å². The summed E-state index contributed by atoms with van der Waals surface area (Å²) in [5, 5.41) is 13.3. The van der Waals surface area contributed by atoms with Crippen molar-refractivity contribution in [2.75, 3.05) is 17.7 Å². The first-order valence-corrected chi connectivity index (χ1v) is 5.87. The monoisotopic (exact) mass is 249 g/mol. The van der Waals surface area contributed by atoms with E-state index in [9.17, 15) is 9.50 Å². The summed E-state index contributed by atoms with van der Waals surface area (Å²) in [5.74, 6) is 0.173. The van der Waals surface area contributed by atoms with E-state index in [-0.39, 0.29) is 18.5 Å². The van der Waals surface area contributed by atoms with Gasteiger partial charge in [-0.1, -0.05) is 6.92 Å². The molecule has 1 heterocycles. The lowest BCUT2D eigenvalue weighted by Crippen LogP contribution is -2.23. The maximum atomic E-state index is 13.7. The van der Waals surface area contributed by atoms with Gasteiger partial charge in [-0.15, -0.1) is 0 Å². The van der Waals surface area contributed by atoms with Gasteiger partial charge in [0.05, 0.1) is 18.0 Å². The van der Waals surface area contributed by atoms with Crippen LogP contribution in [0.2, 0.25) is 0 Å². The minimum Gasteiger partial charge on any atom is -0.398 e.